The summed E-state index contributed by atoms with van der Waals surface area (Å²) in [7, 11) is 3.15. The van der Waals surface area contributed by atoms with Crippen LogP contribution < -0.4 is 10.5 Å². The predicted molar refractivity (Wildman–Crippen MR) is 102 cm³/mol. The molecule has 2 rings (SSSR count). The lowest BCUT2D eigenvalue weighted by Gasteiger charge is -2.35. The van der Waals surface area contributed by atoms with E-state index in [1.807, 2.05) is 19.1 Å². The molecule has 1 aliphatic heterocycles. The van der Waals surface area contributed by atoms with Crippen LogP contribution in [0.4, 0.5) is 0 Å². The Balaban J connectivity index is 0.00000338. The molecule has 0 aromatic heterocycles. The third-order valence-electron chi connectivity index (χ3n) is 4.57. The van der Waals surface area contributed by atoms with Crippen LogP contribution in [0.2, 0.25) is 0 Å². The number of benzene rings is 1. The van der Waals surface area contributed by atoms with Crippen LogP contribution in [0.15, 0.2) is 18.2 Å². The van der Waals surface area contributed by atoms with E-state index in [2.05, 4.69) is 0 Å². The number of halogens is 1. The largest absolute Gasteiger partial charge is 0.496 e. The molecule has 146 valence electrons. The van der Waals surface area contributed by atoms with Crippen LogP contribution in [0, 0.1) is 6.92 Å². The topological polar surface area (TPSA) is 85.1 Å². The van der Waals surface area contributed by atoms with Crippen LogP contribution in [0.25, 0.3) is 0 Å². The predicted octanol–water partition coefficient (Wildman–Crippen LogP) is 1.07. The Morgan fingerprint density at radius 1 is 1.15 bits per heavy atom. The van der Waals surface area contributed by atoms with Crippen molar-refractivity contribution in [1.29, 1.82) is 0 Å². The van der Waals surface area contributed by atoms with Crippen LogP contribution >= 0.6 is 12.4 Å². The van der Waals surface area contributed by atoms with Crippen LogP contribution in [0.5, 0.6) is 5.75 Å². The third-order valence-corrected chi connectivity index (χ3v) is 4.57. The number of ether oxygens (including phenoxy) is 2. The first-order chi connectivity index (χ1) is 12.0. The molecule has 1 atom stereocenters. The first-order valence-corrected chi connectivity index (χ1v) is 8.44. The first-order valence-electron chi connectivity index (χ1n) is 8.44. The number of nitrogens with zero attached hydrogens (tertiary/aromatic N) is 2. The van der Waals surface area contributed by atoms with Gasteiger partial charge in [0.1, 0.15) is 5.75 Å². The summed E-state index contributed by atoms with van der Waals surface area (Å²) in [5.41, 5.74) is 7.15. The van der Waals surface area contributed by atoms with Crippen molar-refractivity contribution in [2.75, 3.05) is 46.9 Å². The molecular weight excluding hydrogens is 358 g/mol. The third kappa shape index (κ3) is 5.33. The molecule has 1 aromatic carbocycles. The minimum Gasteiger partial charge on any atom is -0.496 e. The number of carbonyl (C=O) groups is 2. The van der Waals surface area contributed by atoms with Gasteiger partial charge in [-0.05, 0) is 24.6 Å². The maximum Gasteiger partial charge on any atom is 0.254 e. The molecule has 0 bridgehead atoms. The van der Waals surface area contributed by atoms with Gasteiger partial charge >= 0.3 is 0 Å². The SMILES string of the molecule is COc1cc(C(=O)N2CCN(C(=O)CC(CN)OC)CC2)ccc1C.Cl. The van der Waals surface area contributed by atoms with E-state index in [1.165, 1.54) is 0 Å². The lowest BCUT2D eigenvalue weighted by atomic mass is 10.1. The number of piperazine rings is 1. The zero-order valence-corrected chi connectivity index (χ0v) is 16.4. The number of methoxy groups -OCH3 is 2. The molecule has 1 heterocycles. The van der Waals surface area contributed by atoms with Crippen molar-refractivity contribution in [3.05, 3.63) is 29.3 Å². The van der Waals surface area contributed by atoms with E-state index < -0.39 is 0 Å². The van der Waals surface area contributed by atoms with Gasteiger partial charge in [-0.2, -0.15) is 0 Å². The fourth-order valence-electron chi connectivity index (χ4n) is 2.88. The average molecular weight is 386 g/mol. The normalized spacial score (nSPS) is 15.2. The zero-order valence-electron chi connectivity index (χ0n) is 15.6. The molecule has 0 spiro atoms. The Morgan fingerprint density at radius 3 is 2.31 bits per heavy atom. The summed E-state index contributed by atoms with van der Waals surface area (Å²) < 4.78 is 10.4. The number of aryl methyl sites for hydroxylation is 1. The molecule has 7 nitrogen and oxygen atoms in total. The monoisotopic (exact) mass is 385 g/mol. The molecule has 26 heavy (non-hydrogen) atoms. The lowest BCUT2D eigenvalue weighted by molar-refractivity contribution is -0.135. The van der Waals surface area contributed by atoms with Crippen LogP contribution in [-0.4, -0.2) is 74.7 Å². The Hall–Kier alpha value is -1.83. The van der Waals surface area contributed by atoms with Gasteiger partial charge in [0.25, 0.3) is 5.91 Å². The van der Waals surface area contributed by atoms with E-state index in [-0.39, 0.29) is 36.7 Å². The zero-order chi connectivity index (χ0) is 18.4. The van der Waals surface area contributed by atoms with Gasteiger partial charge in [-0.3, -0.25) is 9.59 Å². The summed E-state index contributed by atoms with van der Waals surface area (Å²) in [6.07, 6.45) is 0.0167. The van der Waals surface area contributed by atoms with E-state index in [4.69, 9.17) is 15.2 Å². The minimum atomic E-state index is -0.257. The lowest BCUT2D eigenvalue weighted by Crippen LogP contribution is -2.51. The van der Waals surface area contributed by atoms with Gasteiger partial charge in [-0.15, -0.1) is 12.4 Å². The molecule has 2 amide bonds. The molecule has 1 unspecified atom stereocenters. The maximum atomic E-state index is 12.7. The van der Waals surface area contributed by atoms with E-state index in [1.54, 1.807) is 30.1 Å². The molecule has 8 heteroatoms. The van der Waals surface area contributed by atoms with Crippen molar-refractivity contribution < 1.29 is 19.1 Å². The quantitative estimate of drug-likeness (QED) is 0.791. The number of hydrogen-bond acceptors (Lipinski definition) is 5. The van der Waals surface area contributed by atoms with Gasteiger partial charge in [-0.1, -0.05) is 6.07 Å². The number of hydrogen-bond donors (Lipinski definition) is 1. The van der Waals surface area contributed by atoms with E-state index in [9.17, 15) is 9.59 Å². The Labute approximate surface area is 160 Å². The van der Waals surface area contributed by atoms with Crippen molar-refractivity contribution in [1.82, 2.24) is 9.80 Å². The summed E-state index contributed by atoms with van der Waals surface area (Å²) in [4.78, 5) is 28.5. The average Bonchev–Trinajstić information content (AvgIpc) is 2.65. The van der Waals surface area contributed by atoms with Gasteiger partial charge in [0, 0.05) is 45.4 Å². The molecule has 2 N–H and O–H groups in total. The maximum absolute atomic E-state index is 12.7. The second-order valence-electron chi connectivity index (χ2n) is 6.15. The molecular formula is C18H28ClN3O4. The van der Waals surface area contributed by atoms with E-state index in [0.29, 0.717) is 44.0 Å². The molecule has 0 aliphatic carbocycles. The smallest absolute Gasteiger partial charge is 0.254 e. The molecule has 1 aromatic rings. The van der Waals surface area contributed by atoms with Crippen LogP contribution in [0.3, 0.4) is 0 Å². The fourth-order valence-corrected chi connectivity index (χ4v) is 2.88. The second-order valence-corrected chi connectivity index (χ2v) is 6.15. The molecule has 1 aliphatic rings. The van der Waals surface area contributed by atoms with Crippen molar-refractivity contribution in [2.24, 2.45) is 5.73 Å². The Morgan fingerprint density at radius 2 is 1.77 bits per heavy atom. The number of nitrogens with two attached hydrogens (primary N) is 1. The number of carbonyl (C=O) groups excluding carboxylic acids is 2. The Bertz CT molecular complexity index is 614. The highest BCUT2D eigenvalue weighted by Crippen LogP contribution is 2.20. The highest BCUT2D eigenvalue weighted by atomic mass is 35.5. The second kappa shape index (κ2) is 10.4. The Kier molecular flexibility index (Phi) is 8.84. The summed E-state index contributed by atoms with van der Waals surface area (Å²) in [5.74, 6) is 0.676. The number of rotatable bonds is 6. The summed E-state index contributed by atoms with van der Waals surface area (Å²) >= 11 is 0. The van der Waals surface area contributed by atoms with Crippen molar-refractivity contribution in [3.63, 3.8) is 0 Å². The van der Waals surface area contributed by atoms with Crippen molar-refractivity contribution in [3.8, 4) is 5.75 Å². The molecule has 0 saturated carbocycles. The van der Waals surface area contributed by atoms with Crippen LogP contribution in [0.1, 0.15) is 22.3 Å². The fraction of sp³-hybridized carbons (Fsp3) is 0.556. The van der Waals surface area contributed by atoms with E-state index in [0.717, 1.165) is 5.56 Å². The van der Waals surface area contributed by atoms with Gasteiger partial charge in [0.2, 0.25) is 5.91 Å². The number of amides is 2. The standard InChI is InChI=1S/C18H27N3O4.ClH/c1-13-4-5-14(10-16(13)25-3)18(23)21-8-6-20(7-9-21)17(22)11-15(12-19)24-2;/h4-5,10,15H,6-9,11-12,19H2,1-3H3;1H. The van der Waals surface area contributed by atoms with Gasteiger partial charge in [0.15, 0.2) is 0 Å². The minimum absolute atomic E-state index is 0. The van der Waals surface area contributed by atoms with Gasteiger partial charge in [0.05, 0.1) is 19.6 Å². The summed E-state index contributed by atoms with van der Waals surface area (Å²) in [5, 5.41) is 0. The summed E-state index contributed by atoms with van der Waals surface area (Å²) in [6, 6.07) is 5.45. The highest BCUT2D eigenvalue weighted by molar-refractivity contribution is 5.95. The molecule has 1 fully saturated rings. The molecule has 1 saturated heterocycles. The van der Waals surface area contributed by atoms with Gasteiger partial charge < -0.3 is 25.0 Å². The van der Waals surface area contributed by atoms with E-state index >= 15 is 0 Å². The molecule has 0 radical (unpaired) electrons. The van der Waals surface area contributed by atoms with Crippen LogP contribution in [-0.2, 0) is 9.53 Å². The highest BCUT2D eigenvalue weighted by Gasteiger charge is 2.26. The van der Waals surface area contributed by atoms with Crippen molar-refractivity contribution >= 4 is 24.2 Å². The van der Waals surface area contributed by atoms with Gasteiger partial charge in [-0.25, -0.2) is 0 Å². The van der Waals surface area contributed by atoms with Crippen molar-refractivity contribution in [2.45, 2.75) is 19.4 Å². The first kappa shape index (κ1) is 22.2. The summed E-state index contributed by atoms with van der Waals surface area (Å²) in [6.45, 7) is 4.33.